The molecule has 2 heterocycles. The lowest BCUT2D eigenvalue weighted by atomic mass is 9.82. The molecule has 1 saturated carbocycles. The van der Waals surface area contributed by atoms with Crippen molar-refractivity contribution in [3.63, 3.8) is 0 Å². The molecule has 0 aromatic carbocycles. The molecule has 3 nitrogen and oxygen atoms in total. The van der Waals surface area contributed by atoms with Gasteiger partial charge in [-0.25, -0.2) is 0 Å². The van der Waals surface area contributed by atoms with Crippen molar-refractivity contribution in [3.05, 3.63) is 0 Å². The van der Waals surface area contributed by atoms with Gasteiger partial charge >= 0.3 is 0 Å². The molecule has 2 atom stereocenters. The number of piperazine rings is 1. The zero-order valence-electron chi connectivity index (χ0n) is 13.2. The Kier molecular flexibility index (Phi) is 5.36. The van der Waals surface area contributed by atoms with E-state index in [4.69, 9.17) is 4.74 Å². The largest absolute Gasteiger partial charge is 0.381 e. The third-order valence-electron chi connectivity index (χ3n) is 5.84. The van der Waals surface area contributed by atoms with Crippen LogP contribution in [0.15, 0.2) is 0 Å². The second-order valence-electron chi connectivity index (χ2n) is 7.02. The van der Waals surface area contributed by atoms with Crippen molar-refractivity contribution in [1.29, 1.82) is 0 Å². The van der Waals surface area contributed by atoms with Gasteiger partial charge in [-0.1, -0.05) is 26.2 Å². The van der Waals surface area contributed by atoms with E-state index in [0.29, 0.717) is 0 Å². The van der Waals surface area contributed by atoms with E-state index in [-0.39, 0.29) is 0 Å². The average Bonchev–Trinajstić information content (AvgIpc) is 2.56. The Morgan fingerprint density at radius 3 is 2.50 bits per heavy atom. The quantitative estimate of drug-likeness (QED) is 0.860. The second-order valence-corrected chi connectivity index (χ2v) is 7.02. The molecule has 2 saturated heterocycles. The first-order chi connectivity index (χ1) is 9.88. The first-order valence-electron chi connectivity index (χ1n) is 8.95. The van der Waals surface area contributed by atoms with Gasteiger partial charge in [0.2, 0.25) is 0 Å². The lowest BCUT2D eigenvalue weighted by molar-refractivity contribution is -0.00803. The summed E-state index contributed by atoms with van der Waals surface area (Å²) in [6, 6.07) is 2.28. The van der Waals surface area contributed by atoms with Crippen molar-refractivity contribution in [1.82, 2.24) is 10.2 Å². The van der Waals surface area contributed by atoms with Gasteiger partial charge in [-0.3, -0.25) is 4.90 Å². The molecule has 2 unspecified atom stereocenters. The van der Waals surface area contributed by atoms with Gasteiger partial charge in [0.1, 0.15) is 0 Å². The third kappa shape index (κ3) is 3.37. The van der Waals surface area contributed by atoms with E-state index >= 15 is 0 Å². The van der Waals surface area contributed by atoms with E-state index in [1.807, 2.05) is 0 Å². The van der Waals surface area contributed by atoms with E-state index in [1.54, 1.807) is 0 Å². The van der Waals surface area contributed by atoms with Crippen LogP contribution in [0, 0.1) is 5.92 Å². The van der Waals surface area contributed by atoms with Crippen LogP contribution in [-0.4, -0.2) is 49.3 Å². The molecule has 0 spiro atoms. The van der Waals surface area contributed by atoms with Crippen molar-refractivity contribution in [3.8, 4) is 0 Å². The lowest BCUT2D eigenvalue weighted by Crippen LogP contribution is -2.61. The SMILES string of the molecule is CCC1CNC(C2CCCCC2)CN1C1CCOCC1. The lowest BCUT2D eigenvalue weighted by Gasteiger charge is -2.48. The van der Waals surface area contributed by atoms with Crippen LogP contribution < -0.4 is 5.32 Å². The first-order valence-corrected chi connectivity index (χ1v) is 8.95. The van der Waals surface area contributed by atoms with Crippen molar-refractivity contribution >= 4 is 0 Å². The summed E-state index contributed by atoms with van der Waals surface area (Å²) in [6.45, 7) is 6.78. The topological polar surface area (TPSA) is 24.5 Å². The Bertz CT molecular complexity index is 285. The van der Waals surface area contributed by atoms with Gasteiger partial charge in [-0.05, 0) is 38.0 Å². The molecule has 3 heteroatoms. The van der Waals surface area contributed by atoms with Crippen LogP contribution in [0.5, 0.6) is 0 Å². The summed E-state index contributed by atoms with van der Waals surface area (Å²) >= 11 is 0. The maximum Gasteiger partial charge on any atom is 0.0480 e. The molecule has 3 rings (SSSR count). The maximum atomic E-state index is 5.56. The highest BCUT2D eigenvalue weighted by molar-refractivity contribution is 4.93. The van der Waals surface area contributed by atoms with Gasteiger partial charge < -0.3 is 10.1 Å². The third-order valence-corrected chi connectivity index (χ3v) is 5.84. The zero-order chi connectivity index (χ0) is 13.8. The number of rotatable bonds is 3. The number of hydrogen-bond donors (Lipinski definition) is 1. The number of nitrogens with zero attached hydrogens (tertiary/aromatic N) is 1. The molecule has 1 aliphatic carbocycles. The predicted octanol–water partition coefficient (Wildman–Crippen LogP) is 2.80. The van der Waals surface area contributed by atoms with E-state index in [9.17, 15) is 0 Å². The fraction of sp³-hybridized carbons (Fsp3) is 1.00. The normalized spacial score (nSPS) is 35.2. The molecule has 0 aromatic heterocycles. The smallest absolute Gasteiger partial charge is 0.0480 e. The molecule has 0 aromatic rings. The van der Waals surface area contributed by atoms with Crippen molar-refractivity contribution < 1.29 is 4.74 Å². The fourth-order valence-corrected chi connectivity index (χ4v) is 4.54. The first kappa shape index (κ1) is 14.8. The molecular weight excluding hydrogens is 248 g/mol. The van der Waals surface area contributed by atoms with Crippen LogP contribution in [0.3, 0.4) is 0 Å². The molecule has 0 radical (unpaired) electrons. The predicted molar refractivity (Wildman–Crippen MR) is 83.0 cm³/mol. The number of ether oxygens (including phenoxy) is 1. The molecule has 116 valence electrons. The van der Waals surface area contributed by atoms with Crippen LogP contribution in [0.25, 0.3) is 0 Å². The summed E-state index contributed by atoms with van der Waals surface area (Å²) in [5.74, 6) is 0.934. The van der Waals surface area contributed by atoms with Crippen molar-refractivity contribution in [2.75, 3.05) is 26.3 Å². The molecule has 0 bridgehead atoms. The van der Waals surface area contributed by atoms with Gasteiger partial charge in [0, 0.05) is 44.4 Å². The van der Waals surface area contributed by atoms with Crippen LogP contribution in [-0.2, 0) is 4.74 Å². The molecule has 0 amide bonds. The monoisotopic (exact) mass is 280 g/mol. The Morgan fingerprint density at radius 1 is 1.05 bits per heavy atom. The van der Waals surface area contributed by atoms with Gasteiger partial charge in [-0.15, -0.1) is 0 Å². The Labute approximate surface area is 124 Å². The van der Waals surface area contributed by atoms with Crippen LogP contribution in [0.1, 0.15) is 58.3 Å². The molecule has 20 heavy (non-hydrogen) atoms. The van der Waals surface area contributed by atoms with Crippen LogP contribution >= 0.6 is 0 Å². The van der Waals surface area contributed by atoms with E-state index in [2.05, 4.69) is 17.1 Å². The number of nitrogens with one attached hydrogen (secondary N) is 1. The minimum absolute atomic E-state index is 0.748. The van der Waals surface area contributed by atoms with Crippen LogP contribution in [0.4, 0.5) is 0 Å². The summed E-state index contributed by atoms with van der Waals surface area (Å²) in [5.41, 5.74) is 0. The standard InChI is InChI=1S/C17H32N2O/c1-2-15-12-18-17(14-6-4-3-5-7-14)13-19(15)16-8-10-20-11-9-16/h14-18H,2-13H2,1H3. The summed E-state index contributed by atoms with van der Waals surface area (Å²) in [6.07, 6.45) is 11.1. The van der Waals surface area contributed by atoms with Gasteiger partial charge in [0.15, 0.2) is 0 Å². The minimum Gasteiger partial charge on any atom is -0.381 e. The second kappa shape index (κ2) is 7.24. The van der Waals surface area contributed by atoms with E-state index in [1.165, 1.54) is 64.5 Å². The highest BCUT2D eigenvalue weighted by Gasteiger charge is 2.35. The fourth-order valence-electron chi connectivity index (χ4n) is 4.54. The van der Waals surface area contributed by atoms with Gasteiger partial charge in [0.05, 0.1) is 0 Å². The average molecular weight is 280 g/mol. The van der Waals surface area contributed by atoms with Crippen LogP contribution in [0.2, 0.25) is 0 Å². The summed E-state index contributed by atoms with van der Waals surface area (Å²) in [4.78, 5) is 2.85. The molecule has 3 aliphatic rings. The van der Waals surface area contributed by atoms with Crippen molar-refractivity contribution in [2.24, 2.45) is 5.92 Å². The summed E-state index contributed by atoms with van der Waals surface area (Å²) in [5, 5.41) is 3.89. The number of hydrogen-bond acceptors (Lipinski definition) is 3. The highest BCUT2D eigenvalue weighted by Crippen LogP contribution is 2.30. The Balaban J connectivity index is 1.62. The highest BCUT2D eigenvalue weighted by atomic mass is 16.5. The zero-order valence-corrected chi connectivity index (χ0v) is 13.2. The van der Waals surface area contributed by atoms with Gasteiger partial charge in [0.25, 0.3) is 0 Å². The molecule has 3 fully saturated rings. The summed E-state index contributed by atoms with van der Waals surface area (Å²) in [7, 11) is 0. The van der Waals surface area contributed by atoms with Crippen molar-refractivity contribution in [2.45, 2.75) is 76.4 Å². The van der Waals surface area contributed by atoms with Gasteiger partial charge in [-0.2, -0.15) is 0 Å². The summed E-state index contributed by atoms with van der Waals surface area (Å²) < 4.78 is 5.56. The molecule has 2 aliphatic heterocycles. The Morgan fingerprint density at radius 2 is 1.80 bits per heavy atom. The van der Waals surface area contributed by atoms with E-state index in [0.717, 1.165) is 37.3 Å². The minimum atomic E-state index is 0.748. The maximum absolute atomic E-state index is 5.56. The molecular formula is C17H32N2O. The Hall–Kier alpha value is -0.120. The van der Waals surface area contributed by atoms with E-state index < -0.39 is 0 Å². The molecule has 1 N–H and O–H groups in total.